The molecule has 0 saturated carbocycles. The van der Waals surface area contributed by atoms with Gasteiger partial charge in [-0.05, 0) is 24.3 Å². The highest BCUT2D eigenvalue weighted by Gasteiger charge is 2.06. The largest absolute Gasteiger partial charge is 0.306 e. The van der Waals surface area contributed by atoms with E-state index in [4.69, 9.17) is 11.6 Å². The summed E-state index contributed by atoms with van der Waals surface area (Å²) >= 11 is 10.9. The quantitative estimate of drug-likeness (QED) is 0.647. The zero-order chi connectivity index (χ0) is 11.1. The molecule has 0 unspecified atom stereocenters. The molecule has 0 aliphatic rings. The summed E-state index contributed by atoms with van der Waals surface area (Å²) in [6.07, 6.45) is 3.98. The van der Waals surface area contributed by atoms with Crippen LogP contribution in [0.15, 0.2) is 41.1 Å². The summed E-state index contributed by atoms with van der Waals surface area (Å²) in [6, 6.07) is 7.85. The molecule has 0 aliphatic heterocycles. The Morgan fingerprint density at radius 1 is 1.31 bits per heavy atom. The first-order valence-electron chi connectivity index (χ1n) is 4.62. The van der Waals surface area contributed by atoms with Crippen molar-refractivity contribution in [1.29, 1.82) is 0 Å². The van der Waals surface area contributed by atoms with Crippen LogP contribution in [0.3, 0.4) is 0 Å². The molecule has 2 nitrogen and oxygen atoms in total. The van der Waals surface area contributed by atoms with Gasteiger partial charge in [0.15, 0.2) is 0 Å². The summed E-state index contributed by atoms with van der Waals surface area (Å²) in [5.41, 5.74) is 1.88. The maximum absolute atomic E-state index is 5.91. The van der Waals surface area contributed by atoms with Gasteiger partial charge in [0, 0.05) is 16.9 Å². The number of hydrogen-bond acceptors (Lipinski definition) is 2. The molecule has 0 N–H and O–H groups in total. The van der Waals surface area contributed by atoms with Crippen molar-refractivity contribution in [1.82, 2.24) is 9.38 Å². The zero-order valence-corrected chi connectivity index (χ0v) is 11.2. The molecule has 0 fully saturated rings. The summed E-state index contributed by atoms with van der Waals surface area (Å²) in [5, 5.41) is 0. The molecular weight excluding hydrogens is 308 g/mol. The minimum Gasteiger partial charge on any atom is -0.306 e. The highest BCUT2D eigenvalue weighted by Crippen LogP contribution is 2.30. The molecule has 0 amide bonds. The lowest BCUT2D eigenvalue weighted by molar-refractivity contribution is 1.18. The Bertz CT molecular complexity index is 659. The summed E-state index contributed by atoms with van der Waals surface area (Å²) in [7, 11) is 0. The number of aromatic nitrogens is 2. The van der Waals surface area contributed by atoms with Crippen molar-refractivity contribution < 1.29 is 0 Å². The van der Waals surface area contributed by atoms with Crippen molar-refractivity contribution in [3.8, 4) is 10.6 Å². The predicted octanol–water partition coefficient (Wildman–Crippen LogP) is 4.48. The minimum absolute atomic E-state index is 0.785. The fourth-order valence-electron chi connectivity index (χ4n) is 1.53. The highest BCUT2D eigenvalue weighted by atomic mass is 79.9. The van der Waals surface area contributed by atoms with E-state index < -0.39 is 0 Å². The Hall–Kier alpha value is -0.840. The first-order valence-corrected chi connectivity index (χ1v) is 6.61. The van der Waals surface area contributed by atoms with Crippen molar-refractivity contribution in [3.05, 3.63) is 45.5 Å². The van der Waals surface area contributed by atoms with Crippen LogP contribution in [0.1, 0.15) is 0 Å². The van der Waals surface area contributed by atoms with Crippen LogP contribution >= 0.6 is 38.9 Å². The van der Waals surface area contributed by atoms with E-state index in [0.717, 1.165) is 25.0 Å². The molecule has 0 spiro atoms. The Kier molecular flexibility index (Phi) is 2.50. The zero-order valence-electron chi connectivity index (χ0n) is 8.02. The van der Waals surface area contributed by atoms with Gasteiger partial charge in [0.1, 0.15) is 5.65 Å². The van der Waals surface area contributed by atoms with Gasteiger partial charge >= 0.3 is 0 Å². The van der Waals surface area contributed by atoms with Gasteiger partial charge in [0.05, 0.1) is 14.9 Å². The molecule has 0 bridgehead atoms. The van der Waals surface area contributed by atoms with Crippen molar-refractivity contribution in [2.45, 2.75) is 0 Å². The number of nitrogens with zero attached hydrogens (tertiary/aromatic N) is 2. The van der Waals surface area contributed by atoms with Crippen LogP contribution in [-0.4, -0.2) is 9.38 Å². The van der Waals surface area contributed by atoms with E-state index >= 15 is 0 Å². The summed E-state index contributed by atoms with van der Waals surface area (Å²) in [6.45, 7) is 0. The summed E-state index contributed by atoms with van der Waals surface area (Å²) < 4.78 is 3.81. The second kappa shape index (κ2) is 3.87. The molecule has 3 aromatic rings. The van der Waals surface area contributed by atoms with E-state index in [-0.39, 0.29) is 0 Å². The molecule has 0 aliphatic carbocycles. The number of rotatable bonds is 1. The average molecular weight is 314 g/mol. The molecule has 0 aromatic carbocycles. The molecule has 3 aromatic heterocycles. The third-order valence-corrected chi connectivity index (χ3v) is 3.99. The van der Waals surface area contributed by atoms with E-state index in [1.165, 1.54) is 11.3 Å². The third kappa shape index (κ3) is 1.77. The van der Waals surface area contributed by atoms with E-state index in [1.807, 2.05) is 41.1 Å². The van der Waals surface area contributed by atoms with Crippen LogP contribution < -0.4 is 0 Å². The van der Waals surface area contributed by atoms with Gasteiger partial charge in [-0.2, -0.15) is 0 Å². The lowest BCUT2D eigenvalue weighted by Gasteiger charge is -1.91. The van der Waals surface area contributed by atoms with E-state index in [0.29, 0.717) is 0 Å². The van der Waals surface area contributed by atoms with Crippen molar-refractivity contribution in [3.63, 3.8) is 0 Å². The normalized spacial score (nSPS) is 11.1. The number of fused-ring (bicyclic) bond motifs is 1. The third-order valence-electron chi connectivity index (χ3n) is 2.25. The van der Waals surface area contributed by atoms with Gasteiger partial charge in [-0.3, -0.25) is 0 Å². The summed E-state index contributed by atoms with van der Waals surface area (Å²) in [4.78, 5) is 5.63. The van der Waals surface area contributed by atoms with E-state index in [2.05, 4.69) is 20.9 Å². The molecule has 80 valence electrons. The Morgan fingerprint density at radius 2 is 2.19 bits per heavy atom. The van der Waals surface area contributed by atoms with E-state index in [1.54, 1.807) is 0 Å². The maximum Gasteiger partial charge on any atom is 0.138 e. The van der Waals surface area contributed by atoms with Crippen LogP contribution in [-0.2, 0) is 0 Å². The van der Waals surface area contributed by atoms with Gasteiger partial charge < -0.3 is 4.40 Å². The molecule has 3 rings (SSSR count). The van der Waals surface area contributed by atoms with Crippen LogP contribution in [0, 0.1) is 0 Å². The SMILES string of the molecule is Clc1ccc(-c2cn3ccc(Br)cc3n2)s1. The summed E-state index contributed by atoms with van der Waals surface area (Å²) in [5.74, 6) is 0. The fourth-order valence-corrected chi connectivity index (χ4v) is 2.85. The first kappa shape index (κ1) is 10.3. The Morgan fingerprint density at radius 3 is 2.94 bits per heavy atom. The number of imidazole rings is 1. The standard InChI is InChI=1S/C11H6BrClN2S/c12-7-3-4-15-6-8(14-11(15)5-7)9-1-2-10(13)16-9/h1-6H. The van der Waals surface area contributed by atoms with Gasteiger partial charge in [-0.25, -0.2) is 4.98 Å². The van der Waals surface area contributed by atoms with Crippen LogP contribution in [0.5, 0.6) is 0 Å². The fraction of sp³-hybridized carbons (Fsp3) is 0. The van der Waals surface area contributed by atoms with Gasteiger partial charge in [-0.15, -0.1) is 11.3 Å². The maximum atomic E-state index is 5.91. The Balaban J connectivity index is 2.18. The van der Waals surface area contributed by atoms with Crippen molar-refractivity contribution in [2.75, 3.05) is 0 Å². The van der Waals surface area contributed by atoms with Gasteiger partial charge in [0.25, 0.3) is 0 Å². The molecule has 3 heterocycles. The predicted molar refractivity (Wildman–Crippen MR) is 71.2 cm³/mol. The van der Waals surface area contributed by atoms with Crippen LogP contribution in [0.4, 0.5) is 0 Å². The van der Waals surface area contributed by atoms with Crippen LogP contribution in [0.2, 0.25) is 4.34 Å². The Labute approximate surface area is 110 Å². The average Bonchev–Trinajstić information content (AvgIpc) is 2.83. The molecule has 16 heavy (non-hydrogen) atoms. The molecule has 0 radical (unpaired) electrons. The van der Waals surface area contributed by atoms with Gasteiger partial charge in [-0.1, -0.05) is 27.5 Å². The highest BCUT2D eigenvalue weighted by molar-refractivity contribution is 9.10. The molecular formula is C11H6BrClN2S. The smallest absolute Gasteiger partial charge is 0.138 e. The topological polar surface area (TPSA) is 17.3 Å². The van der Waals surface area contributed by atoms with Crippen molar-refractivity contribution in [2.24, 2.45) is 0 Å². The number of hydrogen-bond donors (Lipinski definition) is 0. The minimum atomic E-state index is 0.785. The van der Waals surface area contributed by atoms with Crippen LogP contribution in [0.25, 0.3) is 16.2 Å². The molecule has 5 heteroatoms. The van der Waals surface area contributed by atoms with Crippen molar-refractivity contribution >= 4 is 44.5 Å². The first-order chi connectivity index (χ1) is 7.72. The van der Waals surface area contributed by atoms with Gasteiger partial charge in [0.2, 0.25) is 0 Å². The monoisotopic (exact) mass is 312 g/mol. The number of halogens is 2. The molecule has 0 saturated heterocycles. The lowest BCUT2D eigenvalue weighted by atomic mass is 10.4. The number of thiophene rings is 1. The lowest BCUT2D eigenvalue weighted by Crippen LogP contribution is -1.79. The van der Waals surface area contributed by atoms with E-state index in [9.17, 15) is 0 Å². The molecule has 0 atom stereocenters. The second-order valence-electron chi connectivity index (χ2n) is 3.34. The number of pyridine rings is 1. The second-order valence-corrected chi connectivity index (χ2v) is 5.97.